The third-order valence-corrected chi connectivity index (χ3v) is 3.62. The summed E-state index contributed by atoms with van der Waals surface area (Å²) in [5, 5.41) is 9.89. The standard InChI is InChI=1S/C16H20N4O3S/c1-4-23-12-8-6-11(10-13(12)22-3)7-9-14(21)17-15-18-16(20-19-15)24-5-2/h6-10H,4-5H2,1-3H3,(H2,17,18,19,20,21)/b9-7+. The first-order chi connectivity index (χ1) is 11.7. The summed E-state index contributed by atoms with van der Waals surface area (Å²) >= 11 is 1.49. The van der Waals surface area contributed by atoms with Crippen molar-refractivity contribution in [2.75, 3.05) is 24.8 Å². The molecule has 1 heterocycles. The van der Waals surface area contributed by atoms with Crippen LogP contribution in [0.5, 0.6) is 11.5 Å². The molecule has 2 aromatic rings. The summed E-state index contributed by atoms with van der Waals surface area (Å²) in [6, 6.07) is 5.46. The van der Waals surface area contributed by atoms with Crippen LogP contribution in [0.25, 0.3) is 6.08 Å². The van der Waals surface area contributed by atoms with Gasteiger partial charge in [0.25, 0.3) is 5.91 Å². The average Bonchev–Trinajstić information content (AvgIpc) is 3.01. The van der Waals surface area contributed by atoms with Crippen molar-refractivity contribution in [2.45, 2.75) is 19.0 Å². The van der Waals surface area contributed by atoms with Crippen molar-refractivity contribution < 1.29 is 14.3 Å². The highest BCUT2D eigenvalue weighted by Crippen LogP contribution is 2.28. The van der Waals surface area contributed by atoms with Gasteiger partial charge in [-0.1, -0.05) is 24.8 Å². The van der Waals surface area contributed by atoms with Crippen LogP contribution in [-0.4, -0.2) is 40.6 Å². The Kier molecular flexibility index (Phi) is 6.68. The summed E-state index contributed by atoms with van der Waals surface area (Å²) in [4.78, 5) is 16.1. The molecular weight excluding hydrogens is 328 g/mol. The smallest absolute Gasteiger partial charge is 0.250 e. The summed E-state index contributed by atoms with van der Waals surface area (Å²) in [6.45, 7) is 4.47. The number of thioether (sulfide) groups is 1. The lowest BCUT2D eigenvalue weighted by atomic mass is 10.2. The Morgan fingerprint density at radius 3 is 2.92 bits per heavy atom. The molecule has 0 radical (unpaired) electrons. The van der Waals surface area contributed by atoms with E-state index in [9.17, 15) is 4.79 Å². The van der Waals surface area contributed by atoms with Gasteiger partial charge in [-0.05, 0) is 36.4 Å². The minimum atomic E-state index is -0.299. The second-order valence-electron chi connectivity index (χ2n) is 4.57. The third kappa shape index (κ3) is 5.02. The number of hydrogen-bond acceptors (Lipinski definition) is 6. The van der Waals surface area contributed by atoms with Gasteiger partial charge in [-0.2, -0.15) is 4.98 Å². The molecule has 7 nitrogen and oxygen atoms in total. The molecule has 0 fully saturated rings. The van der Waals surface area contributed by atoms with Crippen molar-refractivity contribution in [3.63, 3.8) is 0 Å². The number of H-pyrrole nitrogens is 1. The first-order valence-electron chi connectivity index (χ1n) is 7.51. The number of nitrogens with zero attached hydrogens (tertiary/aromatic N) is 2. The van der Waals surface area contributed by atoms with E-state index in [4.69, 9.17) is 9.47 Å². The van der Waals surface area contributed by atoms with Crippen molar-refractivity contribution >= 4 is 29.7 Å². The van der Waals surface area contributed by atoms with Gasteiger partial charge in [0.1, 0.15) is 0 Å². The van der Waals surface area contributed by atoms with Crippen LogP contribution in [0, 0.1) is 0 Å². The van der Waals surface area contributed by atoms with E-state index < -0.39 is 0 Å². The lowest BCUT2D eigenvalue weighted by Crippen LogP contribution is -2.09. The summed E-state index contributed by atoms with van der Waals surface area (Å²) in [5.41, 5.74) is 0.824. The molecule has 24 heavy (non-hydrogen) atoms. The number of benzene rings is 1. The molecule has 0 unspecified atom stereocenters. The van der Waals surface area contributed by atoms with E-state index in [0.717, 1.165) is 11.3 Å². The number of hydrogen-bond donors (Lipinski definition) is 2. The highest BCUT2D eigenvalue weighted by molar-refractivity contribution is 7.99. The van der Waals surface area contributed by atoms with Crippen molar-refractivity contribution in [3.8, 4) is 11.5 Å². The van der Waals surface area contributed by atoms with E-state index in [1.165, 1.54) is 17.8 Å². The van der Waals surface area contributed by atoms with Crippen molar-refractivity contribution in [3.05, 3.63) is 29.8 Å². The Labute approximate surface area is 144 Å². The van der Waals surface area contributed by atoms with Crippen LogP contribution in [0.2, 0.25) is 0 Å². The normalized spacial score (nSPS) is 10.8. The first-order valence-corrected chi connectivity index (χ1v) is 8.50. The van der Waals surface area contributed by atoms with Gasteiger partial charge in [0, 0.05) is 6.08 Å². The predicted molar refractivity (Wildman–Crippen MR) is 94.6 cm³/mol. The number of rotatable bonds is 8. The topological polar surface area (TPSA) is 89.1 Å². The number of anilines is 1. The highest BCUT2D eigenvalue weighted by atomic mass is 32.2. The Balaban J connectivity index is 1.99. The molecule has 0 spiro atoms. The lowest BCUT2D eigenvalue weighted by Gasteiger charge is -2.09. The number of methoxy groups -OCH3 is 1. The van der Waals surface area contributed by atoms with E-state index in [2.05, 4.69) is 20.5 Å². The van der Waals surface area contributed by atoms with E-state index in [-0.39, 0.29) is 5.91 Å². The molecular formula is C16H20N4O3S. The Morgan fingerprint density at radius 2 is 2.21 bits per heavy atom. The predicted octanol–water partition coefficient (Wildman–Crippen LogP) is 2.98. The number of nitrogens with one attached hydrogen (secondary N) is 2. The molecule has 1 aromatic carbocycles. The van der Waals surface area contributed by atoms with Gasteiger partial charge in [0.05, 0.1) is 13.7 Å². The van der Waals surface area contributed by atoms with Crippen LogP contribution < -0.4 is 14.8 Å². The minimum absolute atomic E-state index is 0.299. The molecule has 128 valence electrons. The molecule has 2 rings (SSSR count). The molecule has 8 heteroatoms. The molecule has 1 amide bonds. The fraction of sp³-hybridized carbons (Fsp3) is 0.312. The Hall–Kier alpha value is -2.48. The summed E-state index contributed by atoms with van der Waals surface area (Å²) in [7, 11) is 1.58. The Bertz CT molecular complexity index is 715. The number of aromatic amines is 1. The van der Waals surface area contributed by atoms with Gasteiger partial charge < -0.3 is 9.47 Å². The summed E-state index contributed by atoms with van der Waals surface area (Å²) < 4.78 is 10.7. The summed E-state index contributed by atoms with van der Waals surface area (Å²) in [5.74, 6) is 2.18. The van der Waals surface area contributed by atoms with Crippen molar-refractivity contribution in [1.82, 2.24) is 15.2 Å². The van der Waals surface area contributed by atoms with Gasteiger partial charge in [-0.25, -0.2) is 5.10 Å². The molecule has 2 N–H and O–H groups in total. The fourth-order valence-electron chi connectivity index (χ4n) is 1.89. The molecule has 0 atom stereocenters. The van der Waals surface area contributed by atoms with E-state index in [1.54, 1.807) is 19.3 Å². The highest BCUT2D eigenvalue weighted by Gasteiger charge is 2.06. The molecule has 0 saturated heterocycles. The number of amides is 1. The zero-order valence-corrected chi connectivity index (χ0v) is 14.6. The summed E-state index contributed by atoms with van der Waals surface area (Å²) in [6.07, 6.45) is 3.11. The number of aromatic nitrogens is 3. The lowest BCUT2D eigenvalue weighted by molar-refractivity contribution is -0.111. The van der Waals surface area contributed by atoms with Gasteiger partial charge in [0.2, 0.25) is 11.1 Å². The van der Waals surface area contributed by atoms with Gasteiger partial charge in [0.15, 0.2) is 11.5 Å². The maximum atomic E-state index is 11.9. The first kappa shape index (κ1) is 17.9. The van der Waals surface area contributed by atoms with Crippen LogP contribution in [0.1, 0.15) is 19.4 Å². The van der Waals surface area contributed by atoms with Gasteiger partial charge >= 0.3 is 0 Å². The number of carbonyl (C=O) groups excluding carboxylic acids is 1. The Morgan fingerprint density at radius 1 is 1.38 bits per heavy atom. The van der Waals surface area contributed by atoms with Crippen molar-refractivity contribution in [2.24, 2.45) is 0 Å². The molecule has 0 bridgehead atoms. The zero-order valence-electron chi connectivity index (χ0n) is 13.8. The number of ether oxygens (including phenoxy) is 2. The van der Waals surface area contributed by atoms with E-state index in [1.807, 2.05) is 26.0 Å². The van der Waals surface area contributed by atoms with Crippen LogP contribution >= 0.6 is 11.8 Å². The molecule has 1 aromatic heterocycles. The average molecular weight is 348 g/mol. The zero-order chi connectivity index (χ0) is 17.4. The second kappa shape index (κ2) is 8.97. The van der Waals surface area contributed by atoms with E-state index in [0.29, 0.717) is 29.2 Å². The molecule has 0 saturated carbocycles. The van der Waals surface area contributed by atoms with Gasteiger partial charge in [-0.15, -0.1) is 5.10 Å². The quantitative estimate of drug-likeness (QED) is 0.563. The maximum absolute atomic E-state index is 11.9. The molecule has 0 aliphatic carbocycles. The third-order valence-electron chi connectivity index (χ3n) is 2.89. The number of carbonyl (C=O) groups is 1. The van der Waals surface area contributed by atoms with Crippen LogP contribution in [-0.2, 0) is 4.79 Å². The maximum Gasteiger partial charge on any atom is 0.250 e. The fourth-order valence-corrected chi connectivity index (χ4v) is 2.41. The SMILES string of the molecule is CCOc1ccc(/C=C/C(=O)Nc2nc(SCC)n[nH]2)cc1OC. The van der Waals surface area contributed by atoms with Crippen LogP contribution in [0.4, 0.5) is 5.95 Å². The molecule has 0 aliphatic rings. The monoisotopic (exact) mass is 348 g/mol. The largest absolute Gasteiger partial charge is 0.493 e. The molecule has 0 aliphatic heterocycles. The van der Waals surface area contributed by atoms with E-state index >= 15 is 0 Å². The van der Waals surface area contributed by atoms with Crippen molar-refractivity contribution in [1.29, 1.82) is 0 Å². The van der Waals surface area contributed by atoms with Gasteiger partial charge in [-0.3, -0.25) is 10.1 Å². The second-order valence-corrected chi connectivity index (χ2v) is 5.80. The van der Waals surface area contributed by atoms with Crippen LogP contribution in [0.15, 0.2) is 29.4 Å². The minimum Gasteiger partial charge on any atom is -0.493 e. The van der Waals surface area contributed by atoms with Crippen LogP contribution in [0.3, 0.4) is 0 Å².